The zero-order valence-corrected chi connectivity index (χ0v) is 24.1. The van der Waals surface area contributed by atoms with E-state index in [-0.39, 0.29) is 5.91 Å². The summed E-state index contributed by atoms with van der Waals surface area (Å²) < 4.78 is 16.0. The van der Waals surface area contributed by atoms with Crippen LogP contribution in [0.2, 0.25) is 0 Å². The molecule has 1 aliphatic heterocycles. The normalized spacial score (nSPS) is 17.3. The lowest BCUT2D eigenvalue weighted by Gasteiger charge is -2.39. The summed E-state index contributed by atoms with van der Waals surface area (Å²) in [4.78, 5) is 14.2. The zero-order valence-electron chi connectivity index (χ0n) is 22.4. The molecule has 1 saturated carbocycles. The van der Waals surface area contributed by atoms with E-state index in [1.54, 1.807) is 29.7 Å². The van der Waals surface area contributed by atoms with Crippen LogP contribution in [0.25, 0.3) is 0 Å². The minimum atomic E-state index is -1.24. The van der Waals surface area contributed by atoms with Gasteiger partial charge in [-0.15, -0.1) is 0 Å². The second-order valence-electron chi connectivity index (χ2n) is 9.79. The lowest BCUT2D eigenvalue weighted by atomic mass is 9.72. The first kappa shape index (κ1) is 29.6. The number of hydrogen-bond acceptors (Lipinski definition) is 6. The third-order valence-corrected chi connectivity index (χ3v) is 9.29. The van der Waals surface area contributed by atoms with Gasteiger partial charge in [0.2, 0.25) is 0 Å². The number of anilines is 2. The Kier molecular flexibility index (Phi) is 11.9. The maximum Gasteiger partial charge on any atom is 0.257 e. The molecule has 1 heterocycles. The third-order valence-electron chi connectivity index (χ3n) is 7.22. The van der Waals surface area contributed by atoms with Gasteiger partial charge < -0.3 is 16.8 Å². The van der Waals surface area contributed by atoms with E-state index in [4.69, 9.17) is 11.5 Å². The van der Waals surface area contributed by atoms with Gasteiger partial charge in [-0.3, -0.25) is 9.10 Å². The first-order chi connectivity index (χ1) is 17.9. The van der Waals surface area contributed by atoms with Crippen LogP contribution in [0.15, 0.2) is 47.4 Å². The Balaban J connectivity index is 0.000000886. The van der Waals surface area contributed by atoms with Crippen molar-refractivity contribution in [1.29, 1.82) is 0 Å². The molecule has 1 aliphatic carbocycles. The molecule has 0 spiro atoms. The smallest absolute Gasteiger partial charge is 0.257 e. The quantitative estimate of drug-likeness (QED) is 0.383. The van der Waals surface area contributed by atoms with Crippen LogP contribution in [0, 0.1) is 11.8 Å². The number of piperidine rings is 1. The Hall–Kier alpha value is -1.91. The third kappa shape index (κ3) is 8.55. The Morgan fingerprint density at radius 2 is 1.70 bits per heavy atom. The van der Waals surface area contributed by atoms with Crippen molar-refractivity contribution < 1.29 is 9.00 Å². The SMILES string of the molecule is CCCN.CN(c1ccc(CN)cc1C(=O)Nc1ccc(SN2CCC(C3CCC3)CC2)cc1)S(C)=O. The van der Waals surface area contributed by atoms with Crippen molar-refractivity contribution in [3.8, 4) is 0 Å². The van der Waals surface area contributed by atoms with Gasteiger partial charge in [-0.2, -0.15) is 0 Å². The lowest BCUT2D eigenvalue weighted by molar-refractivity contribution is 0.102. The number of carbonyl (C=O) groups is 1. The largest absolute Gasteiger partial charge is 0.330 e. The average molecular weight is 546 g/mol. The van der Waals surface area contributed by atoms with Gasteiger partial charge in [0.25, 0.3) is 5.91 Å². The Bertz CT molecular complexity index is 1020. The van der Waals surface area contributed by atoms with Gasteiger partial charge in [0, 0.05) is 43.5 Å². The van der Waals surface area contributed by atoms with Crippen LogP contribution in [-0.4, -0.2) is 47.4 Å². The molecule has 2 aromatic carbocycles. The summed E-state index contributed by atoms with van der Waals surface area (Å²) in [5.41, 5.74) is 13.5. The topological polar surface area (TPSA) is 105 Å². The number of benzene rings is 2. The number of hydrogen-bond donors (Lipinski definition) is 3. The number of nitrogens with one attached hydrogen (secondary N) is 1. The summed E-state index contributed by atoms with van der Waals surface area (Å²) in [6, 6.07) is 13.4. The molecule has 2 fully saturated rings. The summed E-state index contributed by atoms with van der Waals surface area (Å²) >= 11 is 1.81. The van der Waals surface area contributed by atoms with E-state index in [0.29, 0.717) is 17.8 Å². The van der Waals surface area contributed by atoms with E-state index in [1.807, 2.05) is 30.1 Å². The van der Waals surface area contributed by atoms with Gasteiger partial charge in [0.05, 0.1) is 11.3 Å². The molecule has 0 aromatic heterocycles. The molecule has 204 valence electrons. The molecule has 2 aromatic rings. The fourth-order valence-electron chi connectivity index (χ4n) is 4.60. The highest BCUT2D eigenvalue weighted by Gasteiger charge is 2.30. The maximum atomic E-state index is 13.1. The van der Waals surface area contributed by atoms with E-state index in [9.17, 15) is 9.00 Å². The lowest BCUT2D eigenvalue weighted by Crippen LogP contribution is -2.34. The summed E-state index contributed by atoms with van der Waals surface area (Å²) in [7, 11) is 0.476. The number of carbonyl (C=O) groups excluding carboxylic acids is 1. The van der Waals surface area contributed by atoms with Crippen LogP contribution in [0.1, 0.15) is 61.4 Å². The standard InChI is InChI=1S/C25H34N4O2S2.C3H9N/c1-28(33(2)31)24-11-6-18(17-26)16-23(24)25(30)27-21-7-9-22(10-8-21)32-29-14-12-20(13-15-29)19-4-3-5-19;1-2-3-4/h6-11,16,19-20H,3-5,12-15,17,26H2,1-2H3,(H,27,30);2-4H2,1H3. The average Bonchev–Trinajstić information content (AvgIpc) is 2.89. The minimum Gasteiger partial charge on any atom is -0.330 e. The Morgan fingerprint density at radius 3 is 2.22 bits per heavy atom. The Labute approximate surface area is 229 Å². The molecular weight excluding hydrogens is 502 g/mol. The highest BCUT2D eigenvalue weighted by Crippen LogP contribution is 2.40. The molecule has 37 heavy (non-hydrogen) atoms. The van der Waals surface area contributed by atoms with Crippen molar-refractivity contribution in [2.24, 2.45) is 23.3 Å². The predicted molar refractivity (Wildman–Crippen MR) is 158 cm³/mol. The van der Waals surface area contributed by atoms with Crippen LogP contribution in [0.4, 0.5) is 11.4 Å². The molecule has 0 bridgehead atoms. The van der Waals surface area contributed by atoms with Gasteiger partial charge >= 0.3 is 0 Å². The molecule has 1 atom stereocenters. The minimum absolute atomic E-state index is 0.240. The number of nitrogens with zero attached hydrogens (tertiary/aromatic N) is 2. The van der Waals surface area contributed by atoms with Crippen molar-refractivity contribution >= 4 is 40.2 Å². The molecular formula is C28H43N5O2S2. The van der Waals surface area contributed by atoms with Crippen molar-refractivity contribution in [1.82, 2.24) is 4.31 Å². The second-order valence-corrected chi connectivity index (χ2v) is 12.4. The number of nitrogens with two attached hydrogens (primary N) is 2. The van der Waals surface area contributed by atoms with E-state index in [1.165, 1.54) is 37.0 Å². The molecule has 4 rings (SSSR count). The van der Waals surface area contributed by atoms with Gasteiger partial charge in [-0.25, -0.2) is 8.51 Å². The monoisotopic (exact) mass is 545 g/mol. The van der Waals surface area contributed by atoms with Crippen molar-refractivity contribution in [2.45, 2.75) is 56.9 Å². The van der Waals surface area contributed by atoms with Crippen LogP contribution >= 0.6 is 11.9 Å². The fraction of sp³-hybridized carbons (Fsp3) is 0.536. The van der Waals surface area contributed by atoms with Crippen LogP contribution in [-0.2, 0) is 17.5 Å². The van der Waals surface area contributed by atoms with E-state index in [2.05, 4.69) is 28.7 Å². The van der Waals surface area contributed by atoms with Crippen LogP contribution in [0.5, 0.6) is 0 Å². The van der Waals surface area contributed by atoms with Crippen LogP contribution < -0.4 is 21.1 Å². The molecule has 7 nitrogen and oxygen atoms in total. The highest BCUT2D eigenvalue weighted by molar-refractivity contribution is 7.97. The van der Waals surface area contributed by atoms with Gasteiger partial charge in [-0.1, -0.05) is 32.3 Å². The summed E-state index contributed by atoms with van der Waals surface area (Å²) in [5, 5.41) is 2.98. The Morgan fingerprint density at radius 1 is 1.08 bits per heavy atom. The van der Waals surface area contributed by atoms with Crippen molar-refractivity contribution in [3.63, 3.8) is 0 Å². The van der Waals surface area contributed by atoms with E-state index < -0.39 is 11.0 Å². The molecule has 2 aliphatic rings. The molecule has 0 radical (unpaired) electrons. The number of rotatable bonds is 9. The van der Waals surface area contributed by atoms with Gasteiger partial charge in [0.15, 0.2) is 0 Å². The molecule has 9 heteroatoms. The van der Waals surface area contributed by atoms with Crippen molar-refractivity contribution in [2.75, 3.05) is 42.6 Å². The summed E-state index contributed by atoms with van der Waals surface area (Å²) in [5.74, 6) is 1.68. The molecule has 1 amide bonds. The number of amides is 1. The molecule has 1 saturated heterocycles. The van der Waals surface area contributed by atoms with Crippen molar-refractivity contribution in [3.05, 3.63) is 53.6 Å². The zero-order chi connectivity index (χ0) is 26.8. The second kappa shape index (κ2) is 14.9. The predicted octanol–water partition coefficient (Wildman–Crippen LogP) is 5.00. The van der Waals surface area contributed by atoms with E-state index in [0.717, 1.165) is 49.1 Å². The summed E-state index contributed by atoms with van der Waals surface area (Å²) in [6.07, 6.45) is 9.62. The fourth-order valence-corrected chi connectivity index (χ4v) is 5.99. The highest BCUT2D eigenvalue weighted by atomic mass is 32.2. The van der Waals surface area contributed by atoms with Gasteiger partial charge in [-0.05, 0) is 91.6 Å². The van der Waals surface area contributed by atoms with Gasteiger partial charge in [0.1, 0.15) is 11.0 Å². The first-order valence-corrected chi connectivity index (χ1v) is 15.6. The molecule has 5 N–H and O–H groups in total. The summed E-state index contributed by atoms with van der Waals surface area (Å²) in [6.45, 7) is 5.51. The molecule has 1 unspecified atom stereocenters. The maximum absolute atomic E-state index is 13.1. The van der Waals surface area contributed by atoms with E-state index >= 15 is 0 Å². The first-order valence-electron chi connectivity index (χ1n) is 13.3. The van der Waals surface area contributed by atoms with Crippen LogP contribution in [0.3, 0.4) is 0 Å².